The Kier molecular flexibility index (Phi) is 3.03. The first kappa shape index (κ1) is 8.81. The van der Waals surface area contributed by atoms with Gasteiger partial charge >= 0.3 is 6.18 Å². The van der Waals surface area contributed by atoms with Crippen LogP contribution in [-0.4, -0.2) is 11.9 Å². The van der Waals surface area contributed by atoms with Crippen LogP contribution < -0.4 is 0 Å². The predicted octanol–water partition coefficient (Wildman–Crippen LogP) is 2.33. The van der Waals surface area contributed by atoms with Crippen LogP contribution in [0.3, 0.4) is 0 Å². The van der Waals surface area contributed by atoms with Crippen LogP contribution in [-0.2, 0) is 0 Å². The van der Waals surface area contributed by atoms with E-state index in [4.69, 9.17) is 0 Å². The van der Waals surface area contributed by atoms with E-state index in [0.717, 1.165) is 0 Å². The Morgan fingerprint density at radius 1 is 1.44 bits per heavy atom. The highest BCUT2D eigenvalue weighted by atomic mass is 32.1. The van der Waals surface area contributed by atoms with Crippen LogP contribution in [0.1, 0.15) is 0 Å². The van der Waals surface area contributed by atoms with Gasteiger partial charge in [-0.15, -0.1) is 0 Å². The number of hydrogen-bond donors (Lipinski definition) is 1. The minimum atomic E-state index is -4.56. The van der Waals surface area contributed by atoms with Crippen molar-refractivity contribution in [1.29, 1.82) is 0 Å². The summed E-state index contributed by atoms with van der Waals surface area (Å²) in [5, 5.41) is 0. The van der Waals surface area contributed by atoms with Gasteiger partial charge in [0.05, 0.1) is 6.08 Å². The van der Waals surface area contributed by atoms with E-state index in [1.54, 1.807) is 0 Å². The van der Waals surface area contributed by atoms with E-state index in [2.05, 4.69) is 12.6 Å². The summed E-state index contributed by atoms with van der Waals surface area (Å²) in [4.78, 5) is 0. The SMILES string of the molecule is FC(=CC(F)(F)F)CS. The largest absolute Gasteiger partial charge is 0.412 e. The van der Waals surface area contributed by atoms with E-state index in [-0.39, 0.29) is 0 Å². The molecule has 0 heterocycles. The Labute approximate surface area is 55.0 Å². The lowest BCUT2D eigenvalue weighted by atomic mass is 10.5. The van der Waals surface area contributed by atoms with Crippen molar-refractivity contribution in [3.63, 3.8) is 0 Å². The molecule has 0 saturated heterocycles. The molecule has 0 aromatic rings. The van der Waals surface area contributed by atoms with Crippen molar-refractivity contribution < 1.29 is 17.6 Å². The summed E-state index contributed by atoms with van der Waals surface area (Å²) in [7, 11) is 0. The summed E-state index contributed by atoms with van der Waals surface area (Å²) in [5.74, 6) is -1.79. The van der Waals surface area contributed by atoms with Gasteiger partial charge in [-0.2, -0.15) is 25.8 Å². The van der Waals surface area contributed by atoms with E-state index in [9.17, 15) is 17.6 Å². The maximum absolute atomic E-state index is 11.7. The first-order chi connectivity index (χ1) is 3.95. The predicted molar refractivity (Wildman–Crippen MR) is 29.1 cm³/mol. The van der Waals surface area contributed by atoms with Crippen LogP contribution in [0.25, 0.3) is 0 Å². The average Bonchev–Trinajstić information content (AvgIpc) is 1.62. The Hall–Kier alpha value is -0.190. The van der Waals surface area contributed by atoms with E-state index in [1.165, 1.54) is 0 Å². The number of hydrogen-bond acceptors (Lipinski definition) is 1. The van der Waals surface area contributed by atoms with Gasteiger partial charge in [0.2, 0.25) is 0 Å². The molecule has 54 valence electrons. The average molecular weight is 160 g/mol. The molecule has 0 aromatic heterocycles. The molecule has 5 heteroatoms. The lowest BCUT2D eigenvalue weighted by molar-refractivity contribution is -0.0812. The summed E-state index contributed by atoms with van der Waals surface area (Å²) < 4.78 is 45.1. The highest BCUT2D eigenvalue weighted by Crippen LogP contribution is 2.19. The van der Waals surface area contributed by atoms with E-state index < -0.39 is 23.8 Å². The Morgan fingerprint density at radius 2 is 1.89 bits per heavy atom. The maximum atomic E-state index is 11.7. The van der Waals surface area contributed by atoms with Crippen LogP contribution in [0.5, 0.6) is 0 Å². The summed E-state index contributed by atoms with van der Waals surface area (Å²) in [6, 6.07) is 0. The molecule has 0 spiro atoms. The molecule has 0 atom stereocenters. The van der Waals surface area contributed by atoms with Crippen LogP contribution in [0.4, 0.5) is 17.6 Å². The van der Waals surface area contributed by atoms with Crippen LogP contribution in [0.2, 0.25) is 0 Å². The molecular formula is C4H4F4S. The topological polar surface area (TPSA) is 0 Å². The molecule has 0 nitrogen and oxygen atoms in total. The molecule has 0 unspecified atom stereocenters. The molecule has 0 saturated carbocycles. The Morgan fingerprint density at radius 3 is 2.00 bits per heavy atom. The maximum Gasteiger partial charge on any atom is 0.412 e. The molecule has 0 aliphatic rings. The Bertz CT molecular complexity index is 114. The van der Waals surface area contributed by atoms with Gasteiger partial charge in [-0.1, -0.05) is 0 Å². The fourth-order valence-electron chi connectivity index (χ4n) is 0.223. The summed E-state index contributed by atoms with van der Waals surface area (Å²) >= 11 is 3.28. The van der Waals surface area contributed by atoms with E-state index in [1.807, 2.05) is 0 Å². The van der Waals surface area contributed by atoms with Crippen molar-refractivity contribution in [3.8, 4) is 0 Å². The fourth-order valence-corrected chi connectivity index (χ4v) is 0.315. The van der Waals surface area contributed by atoms with Crippen LogP contribution >= 0.6 is 12.6 Å². The third kappa shape index (κ3) is 5.68. The third-order valence-electron chi connectivity index (χ3n) is 0.471. The molecule has 0 N–H and O–H groups in total. The molecule has 0 radical (unpaired) electrons. The molecule has 0 rings (SSSR count). The van der Waals surface area contributed by atoms with Crippen LogP contribution in [0, 0.1) is 0 Å². The Balaban J connectivity index is 3.95. The zero-order valence-electron chi connectivity index (χ0n) is 4.24. The van der Waals surface area contributed by atoms with Gasteiger partial charge in [-0.25, -0.2) is 4.39 Å². The molecule has 0 fully saturated rings. The van der Waals surface area contributed by atoms with Gasteiger partial charge < -0.3 is 0 Å². The number of halogens is 4. The number of rotatable bonds is 1. The van der Waals surface area contributed by atoms with Gasteiger partial charge in [-0.3, -0.25) is 0 Å². The van der Waals surface area contributed by atoms with Crippen molar-refractivity contribution in [1.82, 2.24) is 0 Å². The molecular weight excluding hydrogens is 156 g/mol. The van der Waals surface area contributed by atoms with Crippen molar-refractivity contribution >= 4 is 12.6 Å². The fraction of sp³-hybridized carbons (Fsp3) is 0.500. The number of thiol groups is 1. The first-order valence-corrected chi connectivity index (χ1v) is 2.64. The van der Waals surface area contributed by atoms with E-state index >= 15 is 0 Å². The molecule has 0 aromatic carbocycles. The van der Waals surface area contributed by atoms with Gasteiger partial charge in [0.15, 0.2) is 0 Å². The molecule has 0 bridgehead atoms. The van der Waals surface area contributed by atoms with Crippen molar-refractivity contribution in [2.24, 2.45) is 0 Å². The van der Waals surface area contributed by atoms with Gasteiger partial charge in [-0.05, 0) is 0 Å². The van der Waals surface area contributed by atoms with Gasteiger partial charge in [0.25, 0.3) is 0 Å². The van der Waals surface area contributed by atoms with Gasteiger partial charge in [0.1, 0.15) is 5.83 Å². The normalized spacial score (nSPS) is 14.1. The van der Waals surface area contributed by atoms with E-state index in [0.29, 0.717) is 0 Å². The lowest BCUT2D eigenvalue weighted by Crippen LogP contribution is -2.02. The second-order valence-electron chi connectivity index (χ2n) is 1.29. The van der Waals surface area contributed by atoms with Crippen molar-refractivity contribution in [2.45, 2.75) is 6.18 Å². The minimum absolute atomic E-state index is 0.417. The second kappa shape index (κ2) is 3.10. The monoisotopic (exact) mass is 160 g/mol. The smallest absolute Gasteiger partial charge is 0.211 e. The quantitative estimate of drug-likeness (QED) is 0.441. The summed E-state index contributed by atoms with van der Waals surface area (Å²) in [5.41, 5.74) is 0. The second-order valence-corrected chi connectivity index (χ2v) is 1.61. The molecule has 0 aliphatic carbocycles. The highest BCUT2D eigenvalue weighted by molar-refractivity contribution is 7.80. The third-order valence-corrected chi connectivity index (χ3v) is 0.773. The van der Waals surface area contributed by atoms with Gasteiger partial charge in [0, 0.05) is 5.75 Å². The van der Waals surface area contributed by atoms with Crippen LogP contribution in [0.15, 0.2) is 11.9 Å². The zero-order valence-corrected chi connectivity index (χ0v) is 5.14. The molecule has 9 heavy (non-hydrogen) atoms. The minimum Gasteiger partial charge on any atom is -0.211 e. The molecule has 0 aliphatic heterocycles. The lowest BCUT2D eigenvalue weighted by Gasteiger charge is -1.96. The molecule has 0 amide bonds. The summed E-state index contributed by atoms with van der Waals surface area (Å²) in [6.07, 6.45) is -4.98. The van der Waals surface area contributed by atoms with Crippen molar-refractivity contribution in [3.05, 3.63) is 11.9 Å². The highest BCUT2D eigenvalue weighted by Gasteiger charge is 2.24. The number of alkyl halides is 3. The van der Waals surface area contributed by atoms with Crippen molar-refractivity contribution in [2.75, 3.05) is 5.75 Å². The standard InChI is InChI=1S/C4H4F4S/c5-3(2-9)1-4(6,7)8/h1,9H,2H2. The zero-order chi connectivity index (χ0) is 7.49. The number of allylic oxidation sites excluding steroid dienone is 1. The summed E-state index contributed by atoms with van der Waals surface area (Å²) in [6.45, 7) is 0. The first-order valence-electron chi connectivity index (χ1n) is 2.00.